The third-order valence-corrected chi connectivity index (χ3v) is 5.29. The largest absolute Gasteiger partial charge is 0.493 e. The molecule has 0 N–H and O–H groups in total. The van der Waals surface area contributed by atoms with Gasteiger partial charge in [-0.1, -0.05) is 0 Å². The first-order chi connectivity index (χ1) is 13.8. The first kappa shape index (κ1) is 21.0. The van der Waals surface area contributed by atoms with E-state index in [9.17, 15) is 4.39 Å². The van der Waals surface area contributed by atoms with Crippen molar-refractivity contribution in [3.05, 3.63) is 58.1 Å². The average molecular weight is 417 g/mol. The highest BCUT2D eigenvalue weighted by molar-refractivity contribution is 7.71. The van der Waals surface area contributed by atoms with E-state index in [0.717, 1.165) is 16.7 Å². The smallest absolute Gasteiger partial charge is 0.199 e. The van der Waals surface area contributed by atoms with Crippen LogP contribution < -0.4 is 9.47 Å². The van der Waals surface area contributed by atoms with Crippen molar-refractivity contribution in [3.8, 4) is 22.9 Å². The van der Waals surface area contributed by atoms with Gasteiger partial charge in [0.2, 0.25) is 0 Å². The van der Waals surface area contributed by atoms with Gasteiger partial charge in [0.05, 0.1) is 20.9 Å². The monoisotopic (exact) mass is 416 g/mol. The van der Waals surface area contributed by atoms with Gasteiger partial charge < -0.3 is 14.0 Å². The van der Waals surface area contributed by atoms with Crippen molar-refractivity contribution in [3.63, 3.8) is 0 Å². The van der Waals surface area contributed by atoms with E-state index in [2.05, 4.69) is 10.00 Å². The van der Waals surface area contributed by atoms with Crippen LogP contribution >= 0.6 is 12.2 Å². The summed E-state index contributed by atoms with van der Waals surface area (Å²) in [6.45, 7) is 3.25. The van der Waals surface area contributed by atoms with Gasteiger partial charge in [-0.25, -0.2) is 9.07 Å². The summed E-state index contributed by atoms with van der Waals surface area (Å²) < 4.78 is 28.2. The number of hydrogen-bond donors (Lipinski definition) is 0. The van der Waals surface area contributed by atoms with Gasteiger partial charge in [-0.3, -0.25) is 4.90 Å². The second kappa shape index (κ2) is 8.75. The molecule has 0 aliphatic rings. The summed E-state index contributed by atoms with van der Waals surface area (Å²) in [6, 6.07) is 10.2. The van der Waals surface area contributed by atoms with Crippen molar-refractivity contribution in [1.29, 1.82) is 0 Å². The van der Waals surface area contributed by atoms with E-state index in [4.69, 9.17) is 21.7 Å². The maximum Gasteiger partial charge on any atom is 0.199 e. The second-order valence-electron chi connectivity index (χ2n) is 6.96. The quantitative estimate of drug-likeness (QED) is 0.541. The molecule has 1 heterocycles. The van der Waals surface area contributed by atoms with Gasteiger partial charge in [-0.05, 0) is 73.7 Å². The van der Waals surface area contributed by atoms with Gasteiger partial charge in [0.1, 0.15) is 5.82 Å². The number of hydrogen-bond acceptors (Lipinski definition) is 5. The summed E-state index contributed by atoms with van der Waals surface area (Å²) in [5.74, 6) is 1.84. The minimum atomic E-state index is -0.278. The van der Waals surface area contributed by atoms with Crippen LogP contribution in [0.2, 0.25) is 0 Å². The van der Waals surface area contributed by atoms with Crippen LogP contribution in [0.3, 0.4) is 0 Å². The number of ether oxygens (including phenoxy) is 2. The third-order valence-electron chi connectivity index (χ3n) is 4.80. The fourth-order valence-corrected chi connectivity index (χ4v) is 3.38. The van der Waals surface area contributed by atoms with Crippen LogP contribution in [0.1, 0.15) is 11.1 Å². The zero-order chi connectivity index (χ0) is 21.1. The first-order valence-electron chi connectivity index (χ1n) is 9.14. The van der Waals surface area contributed by atoms with E-state index in [0.29, 0.717) is 35.3 Å². The van der Waals surface area contributed by atoms with Crippen LogP contribution in [0.5, 0.6) is 11.5 Å². The Morgan fingerprint density at radius 2 is 1.72 bits per heavy atom. The Morgan fingerprint density at radius 1 is 1.10 bits per heavy atom. The minimum Gasteiger partial charge on any atom is -0.493 e. The number of halogens is 1. The molecular weight excluding hydrogens is 391 g/mol. The SMILES string of the molecule is COc1cc(C)c(CN(C)Cn2nc(-c3ccc(F)cc3)n(C)c2=S)cc1OC. The summed E-state index contributed by atoms with van der Waals surface area (Å²) >= 11 is 5.55. The Kier molecular flexibility index (Phi) is 6.34. The summed E-state index contributed by atoms with van der Waals surface area (Å²) in [5.41, 5.74) is 3.06. The van der Waals surface area contributed by atoms with Gasteiger partial charge in [0.25, 0.3) is 0 Å². The summed E-state index contributed by atoms with van der Waals surface area (Å²) in [6.07, 6.45) is 0. The maximum absolute atomic E-state index is 13.2. The van der Waals surface area contributed by atoms with Crippen molar-refractivity contribution >= 4 is 12.2 Å². The van der Waals surface area contributed by atoms with E-state index < -0.39 is 0 Å². The number of aryl methyl sites for hydroxylation is 1. The minimum absolute atomic E-state index is 0.278. The van der Waals surface area contributed by atoms with Gasteiger partial charge in [0, 0.05) is 19.2 Å². The Morgan fingerprint density at radius 3 is 2.34 bits per heavy atom. The zero-order valence-electron chi connectivity index (χ0n) is 17.3. The van der Waals surface area contributed by atoms with Crippen LogP contribution in [-0.4, -0.2) is 40.5 Å². The fraction of sp³-hybridized carbons (Fsp3) is 0.333. The molecule has 0 saturated heterocycles. The van der Waals surface area contributed by atoms with Crippen LogP contribution in [0.15, 0.2) is 36.4 Å². The van der Waals surface area contributed by atoms with Gasteiger partial charge in [-0.2, -0.15) is 5.10 Å². The topological polar surface area (TPSA) is 44.5 Å². The molecule has 0 bridgehead atoms. The van der Waals surface area contributed by atoms with Gasteiger partial charge >= 0.3 is 0 Å². The highest BCUT2D eigenvalue weighted by Gasteiger charge is 2.14. The number of nitrogens with zero attached hydrogens (tertiary/aromatic N) is 4. The number of rotatable bonds is 7. The van der Waals surface area contributed by atoms with Crippen molar-refractivity contribution in [1.82, 2.24) is 19.2 Å². The van der Waals surface area contributed by atoms with Crippen LogP contribution in [0.4, 0.5) is 4.39 Å². The van der Waals surface area contributed by atoms with Gasteiger partial charge in [0.15, 0.2) is 22.1 Å². The van der Waals surface area contributed by atoms with E-state index in [1.807, 2.05) is 37.7 Å². The molecule has 0 atom stereocenters. The first-order valence-corrected chi connectivity index (χ1v) is 9.54. The number of aromatic nitrogens is 3. The molecule has 3 rings (SSSR count). The van der Waals surface area contributed by atoms with Crippen molar-refractivity contribution in [2.45, 2.75) is 20.1 Å². The Bertz CT molecular complexity index is 1060. The predicted molar refractivity (Wildman–Crippen MR) is 113 cm³/mol. The molecule has 0 spiro atoms. The molecule has 1 aromatic heterocycles. The molecule has 0 fully saturated rings. The molecule has 0 aliphatic carbocycles. The lowest BCUT2D eigenvalue weighted by molar-refractivity contribution is 0.243. The highest BCUT2D eigenvalue weighted by atomic mass is 32.1. The van der Waals surface area contributed by atoms with E-state index in [1.165, 1.54) is 12.1 Å². The lowest BCUT2D eigenvalue weighted by atomic mass is 10.1. The average Bonchev–Trinajstić information content (AvgIpc) is 2.98. The molecule has 0 aliphatic heterocycles. The lowest BCUT2D eigenvalue weighted by Crippen LogP contribution is -2.23. The molecule has 0 saturated carbocycles. The molecule has 8 heteroatoms. The van der Waals surface area contributed by atoms with Crippen LogP contribution in [0, 0.1) is 17.5 Å². The van der Waals surface area contributed by atoms with Gasteiger partial charge in [-0.15, -0.1) is 0 Å². The van der Waals surface area contributed by atoms with Crippen molar-refractivity contribution < 1.29 is 13.9 Å². The Balaban J connectivity index is 1.81. The standard InChI is InChI=1S/C21H25FN4O2S/c1-14-10-18(27-4)19(28-5)11-16(14)12-24(2)13-26-21(29)25(3)20(23-26)15-6-8-17(22)9-7-15/h6-11H,12-13H2,1-5H3. The fourth-order valence-electron chi connectivity index (χ4n) is 3.19. The molecule has 0 radical (unpaired) electrons. The van der Waals surface area contributed by atoms with E-state index in [-0.39, 0.29) is 5.82 Å². The summed E-state index contributed by atoms with van der Waals surface area (Å²) in [4.78, 5) is 2.12. The molecule has 29 heavy (non-hydrogen) atoms. The van der Waals surface area contributed by atoms with Crippen molar-refractivity contribution in [2.75, 3.05) is 21.3 Å². The second-order valence-corrected chi connectivity index (χ2v) is 7.33. The molecule has 0 unspecified atom stereocenters. The molecule has 0 amide bonds. The molecule has 154 valence electrons. The van der Waals surface area contributed by atoms with Crippen LogP contribution in [0.25, 0.3) is 11.4 Å². The Labute approximate surface area is 175 Å². The highest BCUT2D eigenvalue weighted by Crippen LogP contribution is 2.30. The zero-order valence-corrected chi connectivity index (χ0v) is 18.1. The molecule has 3 aromatic rings. The maximum atomic E-state index is 13.2. The normalized spacial score (nSPS) is 11.1. The van der Waals surface area contributed by atoms with E-state index >= 15 is 0 Å². The Hall–Kier alpha value is -2.71. The van der Waals surface area contributed by atoms with E-state index in [1.54, 1.807) is 31.0 Å². The lowest BCUT2D eigenvalue weighted by Gasteiger charge is -2.19. The molecule has 6 nitrogen and oxygen atoms in total. The number of benzene rings is 2. The number of methoxy groups -OCH3 is 2. The predicted octanol–water partition coefficient (Wildman–Crippen LogP) is 4.17. The molecule has 2 aromatic carbocycles. The van der Waals surface area contributed by atoms with Crippen LogP contribution in [-0.2, 0) is 20.3 Å². The summed E-state index contributed by atoms with van der Waals surface area (Å²) in [7, 11) is 7.13. The molecular formula is C21H25FN4O2S. The summed E-state index contributed by atoms with van der Waals surface area (Å²) in [5, 5.41) is 4.64. The third kappa shape index (κ3) is 4.49. The van der Waals surface area contributed by atoms with Crippen molar-refractivity contribution in [2.24, 2.45) is 7.05 Å².